The van der Waals surface area contributed by atoms with Gasteiger partial charge in [0.2, 0.25) is 0 Å². The lowest BCUT2D eigenvalue weighted by Crippen LogP contribution is -2.30. The molecular formula is C14H21N3O2. The lowest BCUT2D eigenvalue weighted by atomic mass is 9.83. The summed E-state index contributed by atoms with van der Waals surface area (Å²) >= 11 is 0. The molecule has 0 radical (unpaired) electrons. The number of carboxylic acid groups (broad SMARTS) is 1. The quantitative estimate of drug-likeness (QED) is 0.854. The Labute approximate surface area is 113 Å². The molecule has 0 amide bonds. The topological polar surface area (TPSA) is 75.1 Å². The van der Waals surface area contributed by atoms with Crippen LogP contribution in [-0.2, 0) is 0 Å². The maximum Gasteiger partial charge on any atom is 0.356 e. The van der Waals surface area contributed by atoms with Crippen LogP contribution in [0.15, 0.2) is 12.4 Å². The molecule has 1 aliphatic rings. The summed E-state index contributed by atoms with van der Waals surface area (Å²) < 4.78 is 0. The van der Waals surface area contributed by atoms with E-state index in [0.717, 1.165) is 6.42 Å². The maximum absolute atomic E-state index is 10.7. The van der Waals surface area contributed by atoms with Crippen LogP contribution in [0.3, 0.4) is 0 Å². The number of hydrogen-bond acceptors (Lipinski definition) is 4. The van der Waals surface area contributed by atoms with Gasteiger partial charge in [-0.05, 0) is 25.2 Å². The Bertz CT molecular complexity index is 413. The van der Waals surface area contributed by atoms with Crippen molar-refractivity contribution >= 4 is 11.8 Å². The molecule has 2 rings (SSSR count). The van der Waals surface area contributed by atoms with E-state index < -0.39 is 5.97 Å². The van der Waals surface area contributed by atoms with Crippen LogP contribution in [0.5, 0.6) is 0 Å². The summed E-state index contributed by atoms with van der Waals surface area (Å²) in [5, 5.41) is 12.2. The molecule has 1 heterocycles. The minimum absolute atomic E-state index is 0.0173. The van der Waals surface area contributed by atoms with E-state index in [0.29, 0.717) is 17.8 Å². The van der Waals surface area contributed by atoms with E-state index in [1.54, 1.807) is 0 Å². The van der Waals surface area contributed by atoms with Gasteiger partial charge in [0.15, 0.2) is 5.69 Å². The Balaban J connectivity index is 1.99. The van der Waals surface area contributed by atoms with E-state index in [-0.39, 0.29) is 5.69 Å². The third-order valence-electron chi connectivity index (χ3n) is 3.86. The summed E-state index contributed by atoms with van der Waals surface area (Å²) in [6, 6.07) is 0.408. The van der Waals surface area contributed by atoms with E-state index in [4.69, 9.17) is 5.11 Å². The number of nitrogens with one attached hydrogen (secondary N) is 1. The maximum atomic E-state index is 10.7. The van der Waals surface area contributed by atoms with Crippen molar-refractivity contribution in [3.05, 3.63) is 18.1 Å². The molecule has 1 aromatic rings. The van der Waals surface area contributed by atoms with Gasteiger partial charge in [-0.15, -0.1) is 0 Å². The smallest absolute Gasteiger partial charge is 0.356 e. The normalized spacial score (nSPS) is 17.9. The van der Waals surface area contributed by atoms with E-state index in [1.807, 2.05) is 0 Å². The van der Waals surface area contributed by atoms with E-state index in [9.17, 15) is 4.79 Å². The Morgan fingerprint density at radius 3 is 2.63 bits per heavy atom. The van der Waals surface area contributed by atoms with Crippen molar-refractivity contribution in [1.82, 2.24) is 9.97 Å². The van der Waals surface area contributed by atoms with Gasteiger partial charge in [-0.2, -0.15) is 0 Å². The predicted octanol–water partition coefficient (Wildman–Crippen LogP) is 2.95. The summed E-state index contributed by atoms with van der Waals surface area (Å²) in [6.45, 7) is 2.17. The molecule has 0 bridgehead atoms. The van der Waals surface area contributed by atoms with Gasteiger partial charge in [0.05, 0.1) is 12.4 Å². The van der Waals surface area contributed by atoms with Crippen LogP contribution < -0.4 is 5.32 Å². The van der Waals surface area contributed by atoms with Crippen molar-refractivity contribution < 1.29 is 9.90 Å². The van der Waals surface area contributed by atoms with Crippen LogP contribution in [-0.4, -0.2) is 27.1 Å². The number of nitrogens with zero attached hydrogens (tertiary/aromatic N) is 2. The fourth-order valence-corrected chi connectivity index (χ4v) is 2.79. The molecule has 0 saturated heterocycles. The third kappa shape index (κ3) is 3.66. The van der Waals surface area contributed by atoms with Crippen molar-refractivity contribution in [3.8, 4) is 0 Å². The average molecular weight is 263 g/mol. The Morgan fingerprint density at radius 2 is 2.11 bits per heavy atom. The summed E-state index contributed by atoms with van der Waals surface area (Å²) in [6.07, 6.45) is 10.4. The van der Waals surface area contributed by atoms with Crippen LogP contribution >= 0.6 is 0 Å². The summed E-state index contributed by atoms with van der Waals surface area (Å²) in [5.74, 6) is 0.320. The predicted molar refractivity (Wildman–Crippen MR) is 73.3 cm³/mol. The molecule has 1 unspecified atom stereocenters. The van der Waals surface area contributed by atoms with Crippen molar-refractivity contribution in [3.63, 3.8) is 0 Å². The van der Waals surface area contributed by atoms with Gasteiger partial charge in [-0.1, -0.05) is 26.2 Å². The molecule has 1 aliphatic carbocycles. The minimum atomic E-state index is -1.04. The molecule has 2 N–H and O–H groups in total. The second-order valence-electron chi connectivity index (χ2n) is 5.15. The Kier molecular flexibility index (Phi) is 4.71. The molecule has 0 aliphatic heterocycles. The molecule has 19 heavy (non-hydrogen) atoms. The highest BCUT2D eigenvalue weighted by Gasteiger charge is 2.22. The summed E-state index contributed by atoms with van der Waals surface area (Å²) in [5.41, 5.74) is -0.0173. The standard InChI is InChI=1S/C14H21N3O2/c1-2-11(10-6-4-3-5-7-10)17-13-9-15-12(8-16-13)14(18)19/h8-11H,2-7H2,1H3,(H,16,17)(H,18,19). The first-order valence-corrected chi connectivity index (χ1v) is 7.02. The number of anilines is 1. The third-order valence-corrected chi connectivity index (χ3v) is 3.86. The zero-order valence-corrected chi connectivity index (χ0v) is 11.3. The summed E-state index contributed by atoms with van der Waals surface area (Å²) in [4.78, 5) is 18.7. The molecule has 1 saturated carbocycles. The first kappa shape index (κ1) is 13.8. The number of aromatic nitrogens is 2. The largest absolute Gasteiger partial charge is 0.476 e. The fourth-order valence-electron chi connectivity index (χ4n) is 2.79. The zero-order chi connectivity index (χ0) is 13.7. The highest BCUT2D eigenvalue weighted by molar-refractivity contribution is 5.84. The van der Waals surface area contributed by atoms with Crippen LogP contribution in [0.2, 0.25) is 0 Å². The van der Waals surface area contributed by atoms with Crippen LogP contribution in [0.1, 0.15) is 55.9 Å². The van der Waals surface area contributed by atoms with Crippen LogP contribution in [0.4, 0.5) is 5.82 Å². The lowest BCUT2D eigenvalue weighted by Gasteiger charge is -2.30. The number of carboxylic acids is 1. The van der Waals surface area contributed by atoms with E-state index in [1.165, 1.54) is 44.5 Å². The average Bonchev–Trinajstić information content (AvgIpc) is 2.46. The van der Waals surface area contributed by atoms with Gasteiger partial charge in [0.1, 0.15) is 5.82 Å². The monoisotopic (exact) mass is 263 g/mol. The van der Waals surface area contributed by atoms with E-state index >= 15 is 0 Å². The van der Waals surface area contributed by atoms with Crippen molar-refractivity contribution in [2.24, 2.45) is 5.92 Å². The van der Waals surface area contributed by atoms with Crippen LogP contribution in [0.25, 0.3) is 0 Å². The van der Waals surface area contributed by atoms with Crippen LogP contribution in [0, 0.1) is 5.92 Å². The van der Waals surface area contributed by atoms with E-state index in [2.05, 4.69) is 22.2 Å². The molecule has 0 aromatic carbocycles. The zero-order valence-electron chi connectivity index (χ0n) is 11.3. The van der Waals surface area contributed by atoms with Gasteiger partial charge >= 0.3 is 5.97 Å². The SMILES string of the molecule is CCC(Nc1cnc(C(=O)O)cn1)C1CCCCC1. The Morgan fingerprint density at radius 1 is 1.37 bits per heavy atom. The second-order valence-corrected chi connectivity index (χ2v) is 5.15. The molecule has 5 nitrogen and oxygen atoms in total. The van der Waals surface area contributed by atoms with Crippen molar-refractivity contribution in [1.29, 1.82) is 0 Å². The van der Waals surface area contributed by atoms with Gasteiger partial charge in [0.25, 0.3) is 0 Å². The van der Waals surface area contributed by atoms with Gasteiger partial charge < -0.3 is 10.4 Å². The molecule has 5 heteroatoms. The molecule has 0 spiro atoms. The molecule has 1 fully saturated rings. The number of carbonyl (C=O) groups is 1. The van der Waals surface area contributed by atoms with Gasteiger partial charge in [0, 0.05) is 6.04 Å². The van der Waals surface area contributed by atoms with Gasteiger partial charge in [-0.25, -0.2) is 14.8 Å². The Hall–Kier alpha value is -1.65. The number of hydrogen-bond donors (Lipinski definition) is 2. The summed E-state index contributed by atoms with van der Waals surface area (Å²) in [7, 11) is 0. The minimum Gasteiger partial charge on any atom is -0.476 e. The highest BCUT2D eigenvalue weighted by atomic mass is 16.4. The second kappa shape index (κ2) is 6.50. The molecular weight excluding hydrogens is 242 g/mol. The first-order chi connectivity index (χ1) is 9.20. The fraction of sp³-hybridized carbons (Fsp3) is 0.643. The molecule has 1 aromatic heterocycles. The molecule has 104 valence electrons. The first-order valence-electron chi connectivity index (χ1n) is 7.02. The van der Waals surface area contributed by atoms with Crippen molar-refractivity contribution in [2.45, 2.75) is 51.5 Å². The number of rotatable bonds is 5. The van der Waals surface area contributed by atoms with Crippen molar-refractivity contribution in [2.75, 3.05) is 5.32 Å². The van der Waals surface area contributed by atoms with Gasteiger partial charge in [-0.3, -0.25) is 0 Å². The highest BCUT2D eigenvalue weighted by Crippen LogP contribution is 2.29. The lowest BCUT2D eigenvalue weighted by molar-refractivity contribution is 0.0690. The number of aromatic carboxylic acids is 1. The molecule has 1 atom stereocenters.